The molecule has 0 aliphatic carbocycles. The van der Waals surface area contributed by atoms with Gasteiger partial charge in [-0.05, 0) is 12.1 Å². The van der Waals surface area contributed by atoms with Gasteiger partial charge in [0, 0.05) is 22.3 Å². The second kappa shape index (κ2) is 21.6. The number of aromatic hydroxyl groups is 2. The van der Waals surface area contributed by atoms with Crippen LogP contribution in [0.5, 0.6) is 11.5 Å². The van der Waals surface area contributed by atoms with E-state index in [0.717, 1.165) is 76.6 Å². The van der Waals surface area contributed by atoms with Crippen LogP contribution in [0.15, 0.2) is 36.4 Å². The molecule has 0 saturated carbocycles. The molecule has 1 heterocycles. The van der Waals surface area contributed by atoms with Crippen molar-refractivity contribution >= 4 is 0 Å². The highest BCUT2D eigenvalue weighted by atomic mass is 35.5. The lowest BCUT2D eigenvalue weighted by atomic mass is 9.98. The van der Waals surface area contributed by atoms with Gasteiger partial charge < -0.3 is 98.8 Å². The van der Waals surface area contributed by atoms with Gasteiger partial charge in [-0.3, -0.25) is 0 Å². The van der Waals surface area contributed by atoms with Gasteiger partial charge in [0.2, 0.25) is 0 Å². The van der Waals surface area contributed by atoms with Crippen molar-refractivity contribution in [3.05, 3.63) is 47.5 Å². The SMILES string of the molecule is Oc1c2cccc1-c1cccc(c1O)C[NH2+]CC[NH2+]CC[NH2+]CC[NH2+]CC[NH2+]C2.[Cl-].[Cl-].[Cl-].[Cl-].[Cl-]. The predicted molar refractivity (Wildman–Crippen MR) is 111 cm³/mol. The van der Waals surface area contributed by atoms with E-state index in [1.807, 2.05) is 36.4 Å². The van der Waals surface area contributed by atoms with Crippen LogP contribution in [0.4, 0.5) is 0 Å². The monoisotopic (exact) mass is 579 g/mol. The minimum atomic E-state index is 0. The number of hydrogen-bond donors (Lipinski definition) is 7. The number of hydrogen-bond acceptors (Lipinski definition) is 2. The molecule has 0 aromatic heterocycles. The molecule has 2 aromatic rings. The van der Waals surface area contributed by atoms with Crippen molar-refractivity contribution in [2.24, 2.45) is 0 Å². The number of benzene rings is 2. The summed E-state index contributed by atoms with van der Waals surface area (Å²) in [5, 5.41) is 33.3. The lowest BCUT2D eigenvalue weighted by Crippen LogP contribution is -3.01. The Morgan fingerprint density at radius 1 is 0.441 bits per heavy atom. The first kappa shape index (κ1) is 37.8. The maximum atomic E-state index is 10.8. The summed E-state index contributed by atoms with van der Waals surface area (Å²) < 4.78 is 0. The molecular formula is C22H38Cl5N5O2. The molecule has 0 spiro atoms. The zero-order valence-electron chi connectivity index (χ0n) is 19.2. The van der Waals surface area contributed by atoms with Crippen molar-refractivity contribution in [3.63, 3.8) is 0 Å². The van der Waals surface area contributed by atoms with Gasteiger partial charge in [-0.25, -0.2) is 0 Å². The van der Waals surface area contributed by atoms with Gasteiger partial charge in [-0.15, -0.1) is 0 Å². The summed E-state index contributed by atoms with van der Waals surface area (Å²) >= 11 is 0. The van der Waals surface area contributed by atoms with Crippen LogP contribution in [-0.4, -0.2) is 62.6 Å². The highest BCUT2D eigenvalue weighted by Gasteiger charge is 2.16. The molecule has 34 heavy (non-hydrogen) atoms. The lowest BCUT2D eigenvalue weighted by Gasteiger charge is -2.13. The molecule has 1 aliphatic rings. The van der Waals surface area contributed by atoms with Crippen molar-refractivity contribution in [3.8, 4) is 22.6 Å². The summed E-state index contributed by atoms with van der Waals surface area (Å²) in [4.78, 5) is 0. The van der Waals surface area contributed by atoms with Gasteiger partial charge in [0.05, 0.1) is 0 Å². The average molecular weight is 582 g/mol. The maximum absolute atomic E-state index is 10.8. The number of halogens is 5. The molecule has 4 bridgehead atoms. The minimum absolute atomic E-state index is 0. The van der Waals surface area contributed by atoms with E-state index in [9.17, 15) is 10.2 Å². The van der Waals surface area contributed by atoms with Crippen molar-refractivity contribution < 1.29 is 98.8 Å². The molecule has 0 unspecified atom stereocenters. The fourth-order valence-electron chi connectivity index (χ4n) is 3.84. The van der Waals surface area contributed by atoms with E-state index in [0.29, 0.717) is 11.1 Å². The van der Waals surface area contributed by atoms with Gasteiger partial charge in [0.25, 0.3) is 0 Å². The fraction of sp³-hybridized carbons (Fsp3) is 0.455. The van der Waals surface area contributed by atoms with E-state index in [1.165, 1.54) is 0 Å². The number of phenolic OH excluding ortho intramolecular Hbond substituents is 2. The molecule has 12 N–H and O–H groups in total. The summed E-state index contributed by atoms with van der Waals surface area (Å²) in [5.41, 5.74) is 3.23. The summed E-state index contributed by atoms with van der Waals surface area (Å²) in [6, 6.07) is 11.6. The first-order valence-corrected chi connectivity index (χ1v) is 11.0. The third-order valence-electron chi connectivity index (χ3n) is 5.56. The van der Waals surface area contributed by atoms with Gasteiger partial charge in [0.1, 0.15) is 76.9 Å². The average Bonchev–Trinajstić information content (AvgIpc) is 2.73. The topological polar surface area (TPSA) is 124 Å². The number of phenols is 2. The summed E-state index contributed by atoms with van der Waals surface area (Å²) in [6.07, 6.45) is 0. The molecule has 0 amide bonds. The molecule has 3 rings (SSSR count). The maximum Gasteiger partial charge on any atom is 0.132 e. The second-order valence-electron chi connectivity index (χ2n) is 7.79. The Bertz CT molecular complexity index is 726. The summed E-state index contributed by atoms with van der Waals surface area (Å²) in [5.74, 6) is 0.554. The van der Waals surface area contributed by atoms with E-state index >= 15 is 0 Å². The molecule has 0 radical (unpaired) electrons. The van der Waals surface area contributed by atoms with Gasteiger partial charge in [-0.1, -0.05) is 24.3 Å². The first-order valence-electron chi connectivity index (χ1n) is 11.0. The molecule has 7 nitrogen and oxygen atoms in total. The number of para-hydroxylation sites is 2. The van der Waals surface area contributed by atoms with E-state index in [1.54, 1.807) is 0 Å². The predicted octanol–water partition coefficient (Wildman–Crippen LogP) is -19.4. The van der Waals surface area contributed by atoms with Gasteiger partial charge >= 0.3 is 0 Å². The van der Waals surface area contributed by atoms with E-state index in [2.05, 4.69) is 26.6 Å². The van der Waals surface area contributed by atoms with Crippen LogP contribution in [0, 0.1) is 0 Å². The van der Waals surface area contributed by atoms with E-state index < -0.39 is 0 Å². The van der Waals surface area contributed by atoms with Gasteiger partial charge in [-0.2, -0.15) is 0 Å². The van der Waals surface area contributed by atoms with Crippen LogP contribution in [0.1, 0.15) is 11.1 Å². The van der Waals surface area contributed by atoms with Gasteiger partial charge in [0.15, 0.2) is 0 Å². The third kappa shape index (κ3) is 11.8. The van der Waals surface area contributed by atoms with Crippen LogP contribution in [-0.2, 0) is 13.1 Å². The Balaban J connectivity index is -0.00000192. The molecule has 2 aromatic carbocycles. The van der Waals surface area contributed by atoms with Crippen molar-refractivity contribution in [2.45, 2.75) is 13.1 Å². The van der Waals surface area contributed by atoms with Crippen molar-refractivity contribution in [1.29, 1.82) is 0 Å². The number of rotatable bonds is 0. The Labute approximate surface area is 233 Å². The highest BCUT2D eigenvalue weighted by molar-refractivity contribution is 5.77. The van der Waals surface area contributed by atoms with Crippen molar-refractivity contribution in [2.75, 3.05) is 52.4 Å². The fourth-order valence-corrected chi connectivity index (χ4v) is 3.84. The van der Waals surface area contributed by atoms with Crippen LogP contribution in [0.2, 0.25) is 0 Å². The zero-order chi connectivity index (χ0) is 20.3. The van der Waals surface area contributed by atoms with Crippen molar-refractivity contribution in [1.82, 2.24) is 0 Å². The standard InChI is InChI=1S/C22H33N5O2.5ClH/c28-21-17-3-1-5-19(21)20-6-2-4-18(22(20)29)16-27-14-12-25-10-8-23-7-9-24-11-13-26-15-17;;;;;/h1-6,23-29H,7-16H2;5*1H. The molecular weight excluding hydrogens is 544 g/mol. The Morgan fingerprint density at radius 3 is 1.06 bits per heavy atom. The van der Waals surface area contributed by atoms with Crippen LogP contribution >= 0.6 is 0 Å². The largest absolute Gasteiger partial charge is 1.00 e. The zero-order valence-corrected chi connectivity index (χ0v) is 23.0. The molecule has 1 aliphatic heterocycles. The first-order chi connectivity index (χ1) is 14.3. The minimum Gasteiger partial charge on any atom is -1.00 e. The van der Waals surface area contributed by atoms with E-state index in [4.69, 9.17) is 0 Å². The van der Waals surface area contributed by atoms with Crippen LogP contribution in [0.25, 0.3) is 11.1 Å². The number of quaternary nitrogens is 5. The molecule has 198 valence electrons. The number of nitrogens with two attached hydrogens (primary N) is 5. The summed E-state index contributed by atoms with van der Waals surface area (Å²) in [7, 11) is 0. The normalized spacial score (nSPS) is 15.3. The third-order valence-corrected chi connectivity index (χ3v) is 5.56. The van der Waals surface area contributed by atoms with E-state index in [-0.39, 0.29) is 73.5 Å². The molecule has 0 fully saturated rings. The Kier molecular flexibility index (Phi) is 24.0. The second-order valence-corrected chi connectivity index (χ2v) is 7.79. The summed E-state index contributed by atoms with van der Waals surface area (Å²) in [6.45, 7) is 10.3. The number of fused-ring (bicyclic) bond motifs is 5. The quantitative estimate of drug-likeness (QED) is 0.167. The smallest absolute Gasteiger partial charge is 0.132 e. The molecule has 0 atom stereocenters. The van der Waals surface area contributed by atoms with Crippen LogP contribution in [0.3, 0.4) is 0 Å². The highest BCUT2D eigenvalue weighted by Crippen LogP contribution is 2.38. The van der Waals surface area contributed by atoms with Crippen LogP contribution < -0.4 is 88.6 Å². The Morgan fingerprint density at radius 2 is 0.735 bits per heavy atom. The lowest BCUT2D eigenvalue weighted by molar-refractivity contribution is -0.772. The molecule has 12 heteroatoms. The molecule has 0 saturated heterocycles. The Hall–Kier alpha value is -0.710.